The van der Waals surface area contributed by atoms with Gasteiger partial charge in [0.25, 0.3) is 5.91 Å². The molecule has 3 heterocycles. The number of carbonyl (C=O) groups is 2. The van der Waals surface area contributed by atoms with Gasteiger partial charge in [-0.25, -0.2) is 4.98 Å². The third-order valence-electron chi connectivity index (χ3n) is 4.67. The minimum atomic E-state index is -0.835. The first kappa shape index (κ1) is 24.3. The minimum absolute atomic E-state index is 0.103. The van der Waals surface area contributed by atoms with Gasteiger partial charge in [0.1, 0.15) is 29.0 Å². The molecule has 0 saturated carbocycles. The van der Waals surface area contributed by atoms with Crippen LogP contribution in [-0.4, -0.2) is 56.5 Å². The summed E-state index contributed by atoms with van der Waals surface area (Å²) in [6, 6.07) is 9.71. The van der Waals surface area contributed by atoms with E-state index in [1.165, 1.54) is 6.20 Å². The van der Waals surface area contributed by atoms with E-state index in [0.29, 0.717) is 40.9 Å². The number of aryl methyl sites for hydroxylation is 1. The van der Waals surface area contributed by atoms with E-state index in [1.807, 2.05) is 6.92 Å². The maximum Gasteiger partial charge on any atom is 0.316 e. The van der Waals surface area contributed by atoms with Gasteiger partial charge in [-0.3, -0.25) is 14.3 Å². The molecule has 3 N–H and O–H groups in total. The molecule has 2 amide bonds. The number of ether oxygens (including phenoxy) is 3. The van der Waals surface area contributed by atoms with Crippen molar-refractivity contribution in [1.29, 1.82) is 0 Å². The molecule has 0 fully saturated rings. The molecular weight excluding hydrogens is 470 g/mol. The highest BCUT2D eigenvalue weighted by molar-refractivity contribution is 6.04. The quantitative estimate of drug-likeness (QED) is 0.334. The number of nitrogens with zero attached hydrogens (tertiary/aromatic N) is 5. The number of aromatic nitrogens is 5. The van der Waals surface area contributed by atoms with E-state index in [1.54, 1.807) is 61.4 Å². The molecule has 4 rings (SSSR count). The number of carbonyl (C=O) groups excluding carboxylic acids is 2. The molecule has 0 bridgehead atoms. The normalized spacial score (nSPS) is 11.6. The highest BCUT2D eigenvalue weighted by Gasteiger charge is 2.16. The Hall–Kier alpha value is -4.78. The van der Waals surface area contributed by atoms with Crippen LogP contribution in [0, 0.1) is 0 Å². The fraction of sp³-hybridized carbons (Fsp3) is 0.217. The van der Waals surface area contributed by atoms with Crippen molar-refractivity contribution in [3.05, 3.63) is 60.2 Å². The lowest BCUT2D eigenvalue weighted by atomic mass is 10.2. The van der Waals surface area contributed by atoms with Crippen molar-refractivity contribution in [2.24, 2.45) is 12.8 Å². The van der Waals surface area contributed by atoms with Crippen molar-refractivity contribution in [3.8, 4) is 28.8 Å². The molecule has 0 aliphatic carbocycles. The Balaban J connectivity index is 1.56. The number of anilines is 1. The second-order valence-corrected chi connectivity index (χ2v) is 7.67. The Bertz CT molecular complexity index is 1370. The first-order chi connectivity index (χ1) is 17.3. The molecule has 0 radical (unpaired) electrons. The van der Waals surface area contributed by atoms with Gasteiger partial charge < -0.3 is 29.8 Å². The maximum atomic E-state index is 12.9. The van der Waals surface area contributed by atoms with Crippen LogP contribution in [0.1, 0.15) is 28.0 Å². The molecule has 1 aromatic carbocycles. The molecule has 1 atom stereocenters. The second-order valence-electron chi connectivity index (χ2n) is 7.67. The smallest absolute Gasteiger partial charge is 0.316 e. The zero-order chi connectivity index (χ0) is 25.7. The number of benzene rings is 1. The zero-order valence-electron chi connectivity index (χ0n) is 19.7. The molecule has 13 heteroatoms. The number of nitrogens with two attached hydrogens (primary N) is 1. The molecule has 186 valence electrons. The van der Waals surface area contributed by atoms with E-state index in [9.17, 15) is 9.59 Å². The van der Waals surface area contributed by atoms with Crippen molar-refractivity contribution in [1.82, 2.24) is 24.9 Å². The van der Waals surface area contributed by atoms with Gasteiger partial charge in [-0.15, -0.1) is 0 Å². The third kappa shape index (κ3) is 6.01. The largest absolute Gasteiger partial charge is 0.488 e. The van der Waals surface area contributed by atoms with Crippen LogP contribution in [0.2, 0.25) is 0 Å². The van der Waals surface area contributed by atoms with Crippen LogP contribution in [0.4, 0.5) is 5.82 Å². The number of hydrogen-bond donors (Lipinski definition) is 2. The summed E-state index contributed by atoms with van der Waals surface area (Å²) in [5.41, 5.74) is 5.77. The summed E-state index contributed by atoms with van der Waals surface area (Å²) in [5.74, 6) is 0.0968. The van der Waals surface area contributed by atoms with Crippen molar-refractivity contribution in [2.75, 3.05) is 19.0 Å². The Labute approximate surface area is 205 Å². The van der Waals surface area contributed by atoms with E-state index < -0.39 is 5.91 Å². The maximum absolute atomic E-state index is 12.9. The lowest BCUT2D eigenvalue weighted by Crippen LogP contribution is -2.18. The summed E-state index contributed by atoms with van der Waals surface area (Å²) in [7, 11) is 3.33. The molecule has 0 unspecified atom stereocenters. The number of rotatable bonds is 10. The SMILES string of the molecule is COC[C@H](C)Oc1cc(Oc2ccc(-c3noc(C(N)=O)n3)nc2)cc(C(=O)Nc2ccn(C)n2)c1. The molecule has 0 spiro atoms. The first-order valence-electron chi connectivity index (χ1n) is 10.7. The fourth-order valence-corrected chi connectivity index (χ4v) is 3.14. The minimum Gasteiger partial charge on any atom is -0.488 e. The van der Waals surface area contributed by atoms with Gasteiger partial charge in [-0.2, -0.15) is 10.1 Å². The summed E-state index contributed by atoms with van der Waals surface area (Å²) in [5, 5.41) is 10.6. The van der Waals surface area contributed by atoms with Crippen LogP contribution in [0.3, 0.4) is 0 Å². The van der Waals surface area contributed by atoms with Gasteiger partial charge in [0.2, 0.25) is 5.82 Å². The molecule has 0 saturated heterocycles. The number of pyridine rings is 1. The Morgan fingerprint density at radius 3 is 2.61 bits per heavy atom. The molecule has 0 aliphatic rings. The molecule has 36 heavy (non-hydrogen) atoms. The van der Waals surface area contributed by atoms with Crippen molar-refractivity contribution in [2.45, 2.75) is 13.0 Å². The number of nitrogens with one attached hydrogen (secondary N) is 1. The number of hydrogen-bond acceptors (Lipinski definition) is 10. The average Bonchev–Trinajstić information content (AvgIpc) is 3.49. The van der Waals surface area contributed by atoms with E-state index in [-0.39, 0.29) is 23.7 Å². The Morgan fingerprint density at radius 1 is 1.17 bits per heavy atom. The molecule has 3 aromatic heterocycles. The lowest BCUT2D eigenvalue weighted by Gasteiger charge is -2.16. The predicted octanol–water partition coefficient (Wildman–Crippen LogP) is 2.42. The summed E-state index contributed by atoms with van der Waals surface area (Å²) in [6.07, 6.45) is 2.89. The van der Waals surface area contributed by atoms with Crippen LogP contribution in [0.25, 0.3) is 11.5 Å². The van der Waals surface area contributed by atoms with Gasteiger partial charge in [-0.05, 0) is 31.2 Å². The van der Waals surface area contributed by atoms with Crippen LogP contribution < -0.4 is 20.5 Å². The molecular formula is C23H23N7O6. The van der Waals surface area contributed by atoms with E-state index in [4.69, 9.17) is 24.5 Å². The zero-order valence-corrected chi connectivity index (χ0v) is 19.7. The summed E-state index contributed by atoms with van der Waals surface area (Å²) < 4.78 is 23.3. The Kier molecular flexibility index (Phi) is 7.20. The van der Waals surface area contributed by atoms with Crippen LogP contribution >= 0.6 is 0 Å². The highest BCUT2D eigenvalue weighted by atomic mass is 16.5. The van der Waals surface area contributed by atoms with Crippen molar-refractivity contribution >= 4 is 17.6 Å². The lowest BCUT2D eigenvalue weighted by molar-refractivity contribution is 0.0915. The van der Waals surface area contributed by atoms with Gasteiger partial charge in [0.05, 0.1) is 12.8 Å². The first-order valence-corrected chi connectivity index (χ1v) is 10.7. The van der Waals surface area contributed by atoms with Crippen LogP contribution in [0.15, 0.2) is 53.3 Å². The summed E-state index contributed by atoms with van der Waals surface area (Å²) >= 11 is 0. The summed E-state index contributed by atoms with van der Waals surface area (Å²) in [6.45, 7) is 2.20. The van der Waals surface area contributed by atoms with Gasteiger partial charge in [0, 0.05) is 38.1 Å². The van der Waals surface area contributed by atoms with Gasteiger partial charge in [-0.1, -0.05) is 5.16 Å². The highest BCUT2D eigenvalue weighted by Crippen LogP contribution is 2.29. The van der Waals surface area contributed by atoms with E-state index in [0.717, 1.165) is 0 Å². The third-order valence-corrected chi connectivity index (χ3v) is 4.67. The van der Waals surface area contributed by atoms with Gasteiger partial charge >= 0.3 is 11.8 Å². The van der Waals surface area contributed by atoms with Crippen LogP contribution in [-0.2, 0) is 11.8 Å². The van der Waals surface area contributed by atoms with Crippen molar-refractivity contribution < 1.29 is 28.3 Å². The average molecular weight is 493 g/mol. The number of methoxy groups -OCH3 is 1. The predicted molar refractivity (Wildman–Crippen MR) is 126 cm³/mol. The monoisotopic (exact) mass is 493 g/mol. The van der Waals surface area contributed by atoms with Crippen LogP contribution in [0.5, 0.6) is 17.2 Å². The van der Waals surface area contributed by atoms with Gasteiger partial charge in [0.15, 0.2) is 5.82 Å². The van der Waals surface area contributed by atoms with E-state index in [2.05, 4.69) is 25.5 Å². The molecule has 4 aromatic rings. The summed E-state index contributed by atoms with van der Waals surface area (Å²) in [4.78, 5) is 32.1. The standard InChI is InChI=1S/C23H23N7O6/c1-13(12-33-3)34-16-8-14(22(32)26-19-6-7-30(2)28-19)9-17(10-16)35-15-4-5-18(25-11-15)21-27-23(20(24)31)36-29-21/h4-11,13H,12H2,1-3H3,(H2,24,31)(H,26,28,32)/t13-/m0/s1. The fourth-order valence-electron chi connectivity index (χ4n) is 3.14. The van der Waals surface area contributed by atoms with Crippen molar-refractivity contribution in [3.63, 3.8) is 0 Å². The molecule has 0 aliphatic heterocycles. The second kappa shape index (κ2) is 10.7. The number of amides is 2. The Morgan fingerprint density at radius 2 is 1.97 bits per heavy atom. The van der Waals surface area contributed by atoms with E-state index >= 15 is 0 Å². The topological polar surface area (TPSA) is 170 Å². The number of primary amides is 1. The molecule has 13 nitrogen and oxygen atoms in total.